The first kappa shape index (κ1) is 19.7. The highest BCUT2D eigenvalue weighted by atomic mass is 79.9. The van der Waals surface area contributed by atoms with Gasteiger partial charge in [-0.15, -0.1) is 11.3 Å². The van der Waals surface area contributed by atoms with Crippen molar-refractivity contribution in [3.05, 3.63) is 49.9 Å². The molecule has 9 heteroatoms. The summed E-state index contributed by atoms with van der Waals surface area (Å²) in [5, 5.41) is 7.47. The molecule has 0 amide bonds. The van der Waals surface area contributed by atoms with Gasteiger partial charge in [0.25, 0.3) is 0 Å². The molecule has 2 rings (SSSR count). The second kappa shape index (κ2) is 8.66. The third-order valence-electron chi connectivity index (χ3n) is 3.31. The Hall–Kier alpha value is -1.61. The first-order chi connectivity index (χ1) is 11.8. The third kappa shape index (κ3) is 6.00. The predicted octanol–water partition coefficient (Wildman–Crippen LogP) is 4.49. The molecule has 1 aromatic carbocycles. The predicted molar refractivity (Wildman–Crippen MR) is 97.7 cm³/mol. The largest absolute Gasteiger partial charge is 0.434 e. The van der Waals surface area contributed by atoms with E-state index < -0.39 is 11.9 Å². The number of hydrogen-bond acceptors (Lipinski definition) is 3. The molecule has 0 saturated heterocycles. The molecule has 0 spiro atoms. The van der Waals surface area contributed by atoms with Crippen molar-refractivity contribution in [3.8, 4) is 0 Å². The van der Waals surface area contributed by atoms with E-state index in [0.717, 1.165) is 32.3 Å². The van der Waals surface area contributed by atoms with Gasteiger partial charge in [-0.05, 0) is 37.1 Å². The van der Waals surface area contributed by atoms with Crippen molar-refractivity contribution < 1.29 is 13.2 Å². The number of aliphatic imine (C=N–C) groups is 1. The van der Waals surface area contributed by atoms with E-state index in [2.05, 4.69) is 36.5 Å². The van der Waals surface area contributed by atoms with E-state index in [4.69, 9.17) is 0 Å². The zero-order valence-corrected chi connectivity index (χ0v) is 16.1. The lowest BCUT2D eigenvalue weighted by Crippen LogP contribution is -2.36. The molecule has 0 aliphatic carbocycles. The number of halogens is 4. The van der Waals surface area contributed by atoms with Gasteiger partial charge in [0.2, 0.25) is 0 Å². The lowest BCUT2D eigenvalue weighted by Gasteiger charge is -2.11. The van der Waals surface area contributed by atoms with Gasteiger partial charge < -0.3 is 10.6 Å². The molecular formula is C16H18BrF3N4S. The summed E-state index contributed by atoms with van der Waals surface area (Å²) >= 11 is 4.39. The monoisotopic (exact) mass is 434 g/mol. The van der Waals surface area contributed by atoms with Crippen molar-refractivity contribution in [2.75, 3.05) is 6.54 Å². The number of nitrogens with one attached hydrogen (secondary N) is 2. The Kier molecular flexibility index (Phi) is 6.83. The van der Waals surface area contributed by atoms with Crippen molar-refractivity contribution in [1.29, 1.82) is 0 Å². The fourth-order valence-electron chi connectivity index (χ4n) is 2.02. The van der Waals surface area contributed by atoms with E-state index in [1.807, 2.05) is 32.0 Å². The summed E-state index contributed by atoms with van der Waals surface area (Å²) in [5.41, 5.74) is 1.33. The van der Waals surface area contributed by atoms with Gasteiger partial charge in [-0.25, -0.2) is 9.98 Å². The fourth-order valence-corrected chi connectivity index (χ4v) is 3.24. The quantitative estimate of drug-likeness (QED) is 0.538. The second-order valence-electron chi connectivity index (χ2n) is 5.24. The minimum atomic E-state index is -4.41. The molecule has 2 N–H and O–H groups in total. The number of nitrogens with zero attached hydrogens (tertiary/aromatic N) is 2. The number of aryl methyl sites for hydroxylation is 1. The van der Waals surface area contributed by atoms with Crippen molar-refractivity contribution >= 4 is 33.2 Å². The minimum Gasteiger partial charge on any atom is -0.357 e. The van der Waals surface area contributed by atoms with Gasteiger partial charge in [0.15, 0.2) is 11.7 Å². The molecule has 0 fully saturated rings. The van der Waals surface area contributed by atoms with Gasteiger partial charge in [0.1, 0.15) is 5.01 Å². The maximum Gasteiger partial charge on any atom is 0.434 e. The van der Waals surface area contributed by atoms with Crippen molar-refractivity contribution in [3.63, 3.8) is 0 Å². The van der Waals surface area contributed by atoms with Gasteiger partial charge in [0, 0.05) is 16.4 Å². The van der Waals surface area contributed by atoms with Crippen LogP contribution in [0.2, 0.25) is 0 Å². The molecule has 0 aliphatic rings. The molecule has 1 heterocycles. The number of rotatable bonds is 5. The number of guanidine groups is 1. The van der Waals surface area contributed by atoms with Crippen LogP contribution in [0.1, 0.15) is 28.8 Å². The molecule has 4 nitrogen and oxygen atoms in total. The topological polar surface area (TPSA) is 49.3 Å². The Bertz CT molecular complexity index is 743. The van der Waals surface area contributed by atoms with Crippen LogP contribution >= 0.6 is 27.3 Å². The highest BCUT2D eigenvalue weighted by molar-refractivity contribution is 9.10. The number of thiazole rings is 1. The van der Waals surface area contributed by atoms with Crippen LogP contribution in [-0.4, -0.2) is 17.5 Å². The lowest BCUT2D eigenvalue weighted by molar-refractivity contribution is -0.140. The van der Waals surface area contributed by atoms with Crippen molar-refractivity contribution in [2.24, 2.45) is 4.99 Å². The average molecular weight is 435 g/mol. The molecule has 25 heavy (non-hydrogen) atoms. The molecule has 0 aliphatic heterocycles. The standard InChI is InChI=1S/C16H18BrF3N4S/c1-3-21-15(22-7-11-4-5-12(17)6-10(11)2)23-8-14-24-13(9-25-14)16(18,19)20/h4-6,9H,3,7-8H2,1-2H3,(H2,21,22,23). The zero-order valence-electron chi connectivity index (χ0n) is 13.7. The van der Waals surface area contributed by atoms with Gasteiger partial charge in [-0.3, -0.25) is 0 Å². The van der Waals surface area contributed by atoms with E-state index in [1.165, 1.54) is 0 Å². The van der Waals surface area contributed by atoms with E-state index >= 15 is 0 Å². The summed E-state index contributed by atoms with van der Waals surface area (Å²) in [7, 11) is 0. The summed E-state index contributed by atoms with van der Waals surface area (Å²) in [6.45, 7) is 5.24. The smallest absolute Gasteiger partial charge is 0.357 e. The van der Waals surface area contributed by atoms with Crippen LogP contribution in [0, 0.1) is 6.92 Å². The summed E-state index contributed by atoms with van der Waals surface area (Å²) in [4.78, 5) is 8.08. The Morgan fingerprint density at radius 2 is 2.08 bits per heavy atom. The van der Waals surface area contributed by atoms with Gasteiger partial charge in [-0.1, -0.05) is 22.0 Å². The van der Waals surface area contributed by atoms with Crippen LogP contribution in [0.25, 0.3) is 0 Å². The second-order valence-corrected chi connectivity index (χ2v) is 7.10. The Labute approximate surface area is 156 Å². The zero-order chi connectivity index (χ0) is 18.4. The van der Waals surface area contributed by atoms with Crippen LogP contribution in [0.15, 0.2) is 33.0 Å². The van der Waals surface area contributed by atoms with Gasteiger partial charge in [0.05, 0.1) is 13.1 Å². The molecule has 136 valence electrons. The number of benzene rings is 1. The molecule has 0 unspecified atom stereocenters. The van der Waals surface area contributed by atoms with Gasteiger partial charge >= 0.3 is 6.18 Å². The summed E-state index contributed by atoms with van der Waals surface area (Å²) in [6.07, 6.45) is -4.41. The number of alkyl halides is 3. The van der Waals surface area contributed by atoms with Crippen LogP contribution in [0.5, 0.6) is 0 Å². The van der Waals surface area contributed by atoms with E-state index in [-0.39, 0.29) is 6.54 Å². The number of hydrogen-bond donors (Lipinski definition) is 2. The summed E-state index contributed by atoms with van der Waals surface area (Å²) in [5.74, 6) is 0.536. The Morgan fingerprint density at radius 3 is 2.68 bits per heavy atom. The minimum absolute atomic E-state index is 0.186. The highest BCUT2D eigenvalue weighted by Gasteiger charge is 2.33. The lowest BCUT2D eigenvalue weighted by atomic mass is 10.1. The molecule has 2 aromatic rings. The Balaban J connectivity index is 2.01. The van der Waals surface area contributed by atoms with E-state index in [0.29, 0.717) is 24.1 Å². The van der Waals surface area contributed by atoms with Crippen LogP contribution < -0.4 is 10.6 Å². The molecule has 0 bridgehead atoms. The van der Waals surface area contributed by atoms with E-state index in [9.17, 15) is 13.2 Å². The normalized spacial score (nSPS) is 12.3. The van der Waals surface area contributed by atoms with Crippen molar-refractivity contribution in [2.45, 2.75) is 33.1 Å². The van der Waals surface area contributed by atoms with Crippen molar-refractivity contribution in [1.82, 2.24) is 15.6 Å². The fraction of sp³-hybridized carbons (Fsp3) is 0.375. The summed E-state index contributed by atoms with van der Waals surface area (Å²) in [6, 6.07) is 5.95. The van der Waals surface area contributed by atoms with Crippen LogP contribution in [-0.2, 0) is 19.3 Å². The third-order valence-corrected chi connectivity index (χ3v) is 4.65. The van der Waals surface area contributed by atoms with Crippen LogP contribution in [0.3, 0.4) is 0 Å². The molecule has 1 aromatic heterocycles. The molecule has 0 radical (unpaired) electrons. The molecule has 0 atom stereocenters. The molecule has 0 saturated carbocycles. The SMILES string of the molecule is CCNC(=NCc1ccc(Br)cc1C)NCc1nc(C(F)(F)F)cs1. The number of aromatic nitrogens is 1. The Morgan fingerprint density at radius 1 is 1.32 bits per heavy atom. The summed E-state index contributed by atoms with van der Waals surface area (Å²) < 4.78 is 38.7. The average Bonchev–Trinajstić information content (AvgIpc) is 3.00. The van der Waals surface area contributed by atoms with E-state index in [1.54, 1.807) is 0 Å². The first-order valence-corrected chi connectivity index (χ1v) is 9.25. The molecular weight excluding hydrogens is 417 g/mol. The maximum absolute atomic E-state index is 12.6. The maximum atomic E-state index is 12.6. The van der Waals surface area contributed by atoms with Gasteiger partial charge in [-0.2, -0.15) is 13.2 Å². The first-order valence-electron chi connectivity index (χ1n) is 7.58. The van der Waals surface area contributed by atoms with Crippen LogP contribution in [0.4, 0.5) is 13.2 Å². The highest BCUT2D eigenvalue weighted by Crippen LogP contribution is 2.29.